The van der Waals surface area contributed by atoms with Crippen LogP contribution < -0.4 is 14.8 Å². The molecule has 1 heterocycles. The van der Waals surface area contributed by atoms with Crippen LogP contribution in [0.25, 0.3) is 0 Å². The largest absolute Gasteiger partial charge is 0.504 e. The van der Waals surface area contributed by atoms with Gasteiger partial charge in [0.1, 0.15) is 11.9 Å². The van der Waals surface area contributed by atoms with E-state index in [1.54, 1.807) is 18.2 Å². The van der Waals surface area contributed by atoms with Gasteiger partial charge in [-0.05, 0) is 25.1 Å². The predicted octanol–water partition coefficient (Wildman–Crippen LogP) is 1.14. The lowest BCUT2D eigenvalue weighted by Gasteiger charge is -2.13. The Bertz CT molecular complexity index is 335. The summed E-state index contributed by atoms with van der Waals surface area (Å²) in [6.45, 7) is 1.86. The highest BCUT2D eigenvalue weighted by Gasteiger charge is 2.16. The van der Waals surface area contributed by atoms with Crippen molar-refractivity contribution in [2.75, 3.05) is 20.2 Å². The standard InChI is InChI=1S/C11H15NO3/c1-14-11-3-2-8(6-10(11)13)15-9-4-5-12-7-9/h2-3,6,9,12-13H,4-5,7H2,1H3. The highest BCUT2D eigenvalue weighted by molar-refractivity contribution is 5.44. The highest BCUT2D eigenvalue weighted by atomic mass is 16.5. The van der Waals surface area contributed by atoms with Crippen molar-refractivity contribution in [2.24, 2.45) is 0 Å². The number of hydrogen-bond donors (Lipinski definition) is 2. The van der Waals surface area contributed by atoms with E-state index >= 15 is 0 Å². The molecule has 0 aliphatic carbocycles. The number of phenolic OH excluding ortho intramolecular Hbond substituents is 1. The third-order valence-corrected chi connectivity index (χ3v) is 2.47. The van der Waals surface area contributed by atoms with Crippen LogP contribution in [0.3, 0.4) is 0 Å². The molecule has 0 amide bonds. The van der Waals surface area contributed by atoms with E-state index in [-0.39, 0.29) is 11.9 Å². The van der Waals surface area contributed by atoms with Crippen molar-refractivity contribution in [1.29, 1.82) is 0 Å². The summed E-state index contributed by atoms with van der Waals surface area (Å²) in [5, 5.41) is 12.8. The third kappa shape index (κ3) is 2.33. The van der Waals surface area contributed by atoms with E-state index in [1.165, 1.54) is 7.11 Å². The molecule has 4 heteroatoms. The second-order valence-corrected chi connectivity index (χ2v) is 3.57. The first-order valence-corrected chi connectivity index (χ1v) is 5.04. The molecule has 1 aliphatic rings. The fourth-order valence-electron chi connectivity index (χ4n) is 1.66. The van der Waals surface area contributed by atoms with Gasteiger partial charge >= 0.3 is 0 Å². The molecule has 2 rings (SSSR count). The van der Waals surface area contributed by atoms with E-state index in [2.05, 4.69) is 5.32 Å². The van der Waals surface area contributed by atoms with E-state index in [4.69, 9.17) is 9.47 Å². The molecule has 1 aromatic carbocycles. The van der Waals surface area contributed by atoms with Crippen LogP contribution in [0.2, 0.25) is 0 Å². The summed E-state index contributed by atoms with van der Waals surface area (Å²) in [4.78, 5) is 0. The maximum absolute atomic E-state index is 9.54. The molecule has 1 saturated heterocycles. The smallest absolute Gasteiger partial charge is 0.161 e. The maximum atomic E-state index is 9.54. The van der Waals surface area contributed by atoms with Gasteiger partial charge in [0.05, 0.1) is 7.11 Å². The van der Waals surface area contributed by atoms with E-state index in [0.717, 1.165) is 19.5 Å². The molecule has 15 heavy (non-hydrogen) atoms. The first-order chi connectivity index (χ1) is 7.29. The molecule has 1 aromatic rings. The van der Waals surface area contributed by atoms with Crippen LogP contribution in [0.4, 0.5) is 0 Å². The van der Waals surface area contributed by atoms with E-state index in [0.29, 0.717) is 11.5 Å². The van der Waals surface area contributed by atoms with Gasteiger partial charge in [-0.15, -0.1) is 0 Å². The Balaban J connectivity index is 2.05. The van der Waals surface area contributed by atoms with Crippen LogP contribution in [0.15, 0.2) is 18.2 Å². The quantitative estimate of drug-likeness (QED) is 0.783. The zero-order chi connectivity index (χ0) is 10.7. The molecule has 82 valence electrons. The summed E-state index contributed by atoms with van der Waals surface area (Å²) in [6, 6.07) is 5.08. The molecule has 1 unspecified atom stereocenters. The number of aromatic hydroxyl groups is 1. The molecular formula is C11H15NO3. The molecular weight excluding hydrogens is 194 g/mol. The van der Waals surface area contributed by atoms with Gasteiger partial charge in [-0.1, -0.05) is 0 Å². The van der Waals surface area contributed by atoms with Gasteiger partial charge < -0.3 is 19.9 Å². The number of phenols is 1. The molecule has 0 aromatic heterocycles. The lowest BCUT2D eigenvalue weighted by atomic mass is 10.3. The molecule has 1 aliphatic heterocycles. The number of methoxy groups -OCH3 is 1. The van der Waals surface area contributed by atoms with Gasteiger partial charge in [0.15, 0.2) is 11.5 Å². The summed E-state index contributed by atoms with van der Waals surface area (Å²) in [7, 11) is 1.52. The SMILES string of the molecule is COc1ccc(OC2CCNC2)cc1O. The molecule has 0 bridgehead atoms. The van der Waals surface area contributed by atoms with Gasteiger partial charge in [0.2, 0.25) is 0 Å². The van der Waals surface area contributed by atoms with Gasteiger partial charge in [-0.3, -0.25) is 0 Å². The summed E-state index contributed by atoms with van der Waals surface area (Å²) in [5.74, 6) is 1.26. The van der Waals surface area contributed by atoms with Gasteiger partial charge in [-0.2, -0.15) is 0 Å². The summed E-state index contributed by atoms with van der Waals surface area (Å²) >= 11 is 0. The minimum Gasteiger partial charge on any atom is -0.504 e. The third-order valence-electron chi connectivity index (χ3n) is 2.47. The lowest BCUT2D eigenvalue weighted by molar-refractivity contribution is 0.221. The summed E-state index contributed by atoms with van der Waals surface area (Å²) < 4.78 is 10.6. The molecule has 0 radical (unpaired) electrons. The number of ether oxygens (including phenoxy) is 2. The number of nitrogens with one attached hydrogen (secondary N) is 1. The molecule has 0 saturated carbocycles. The van der Waals surface area contributed by atoms with E-state index in [1.807, 2.05) is 0 Å². The fraction of sp³-hybridized carbons (Fsp3) is 0.455. The van der Waals surface area contributed by atoms with Gasteiger partial charge in [0, 0.05) is 12.6 Å². The molecule has 1 fully saturated rings. The van der Waals surface area contributed by atoms with E-state index in [9.17, 15) is 5.11 Å². The molecule has 0 spiro atoms. The van der Waals surface area contributed by atoms with Crippen molar-refractivity contribution >= 4 is 0 Å². The Labute approximate surface area is 88.8 Å². The van der Waals surface area contributed by atoms with Crippen molar-refractivity contribution in [1.82, 2.24) is 5.32 Å². The van der Waals surface area contributed by atoms with Crippen LogP contribution in [-0.2, 0) is 0 Å². The predicted molar refractivity (Wildman–Crippen MR) is 56.6 cm³/mol. The number of hydrogen-bond acceptors (Lipinski definition) is 4. The minimum atomic E-state index is 0.112. The second-order valence-electron chi connectivity index (χ2n) is 3.57. The Hall–Kier alpha value is -1.42. The first-order valence-electron chi connectivity index (χ1n) is 5.04. The van der Waals surface area contributed by atoms with Crippen molar-refractivity contribution < 1.29 is 14.6 Å². The summed E-state index contributed by atoms with van der Waals surface area (Å²) in [5.41, 5.74) is 0. The lowest BCUT2D eigenvalue weighted by Crippen LogP contribution is -2.19. The van der Waals surface area contributed by atoms with Crippen molar-refractivity contribution in [3.63, 3.8) is 0 Å². The zero-order valence-electron chi connectivity index (χ0n) is 8.69. The Morgan fingerprint density at radius 1 is 1.47 bits per heavy atom. The van der Waals surface area contributed by atoms with Crippen LogP contribution in [0, 0.1) is 0 Å². The monoisotopic (exact) mass is 209 g/mol. The molecule has 2 N–H and O–H groups in total. The normalized spacial score (nSPS) is 20.2. The highest BCUT2D eigenvalue weighted by Crippen LogP contribution is 2.30. The Kier molecular flexibility index (Phi) is 2.97. The van der Waals surface area contributed by atoms with Gasteiger partial charge in [0.25, 0.3) is 0 Å². The van der Waals surface area contributed by atoms with Gasteiger partial charge in [-0.25, -0.2) is 0 Å². The number of benzene rings is 1. The van der Waals surface area contributed by atoms with Crippen LogP contribution in [0.5, 0.6) is 17.2 Å². The average Bonchev–Trinajstić information content (AvgIpc) is 2.71. The Morgan fingerprint density at radius 2 is 2.33 bits per heavy atom. The van der Waals surface area contributed by atoms with E-state index < -0.39 is 0 Å². The summed E-state index contributed by atoms with van der Waals surface area (Å²) in [6.07, 6.45) is 1.21. The first kappa shape index (κ1) is 10.1. The zero-order valence-corrected chi connectivity index (χ0v) is 8.69. The number of rotatable bonds is 3. The molecule has 4 nitrogen and oxygen atoms in total. The second kappa shape index (κ2) is 4.40. The minimum absolute atomic E-state index is 0.112. The van der Waals surface area contributed by atoms with Crippen LogP contribution in [0.1, 0.15) is 6.42 Å². The van der Waals surface area contributed by atoms with Crippen LogP contribution in [-0.4, -0.2) is 31.4 Å². The average molecular weight is 209 g/mol. The molecule has 1 atom stereocenters. The van der Waals surface area contributed by atoms with Crippen molar-refractivity contribution in [3.8, 4) is 17.2 Å². The fourth-order valence-corrected chi connectivity index (χ4v) is 1.66. The Morgan fingerprint density at radius 3 is 2.93 bits per heavy atom. The topological polar surface area (TPSA) is 50.7 Å². The van der Waals surface area contributed by atoms with Crippen molar-refractivity contribution in [3.05, 3.63) is 18.2 Å². The van der Waals surface area contributed by atoms with Crippen molar-refractivity contribution in [2.45, 2.75) is 12.5 Å². The maximum Gasteiger partial charge on any atom is 0.161 e. The van der Waals surface area contributed by atoms with Crippen LogP contribution >= 0.6 is 0 Å².